The van der Waals surface area contributed by atoms with Crippen molar-refractivity contribution in [2.45, 2.75) is 0 Å². The summed E-state index contributed by atoms with van der Waals surface area (Å²) in [6.45, 7) is 0. The SMILES string of the molecule is [2H]c1cc([2H])c2oc3c(-c4c([2H])c([2H])c(-c5nc(-c6ccccc6)nc(-c6ccccc6)n5)c(-n5c6c([2H])cc([2H])c([2H])c6c6c([2H])c([2H])cc([2H])c65)c4[2H])cc([2H])c([2H])c3c2c1[2H]. The Labute approximate surface area is 307 Å². The third-order valence-corrected chi connectivity index (χ3v) is 8.38. The van der Waals surface area contributed by atoms with Crippen LogP contribution in [0.15, 0.2) is 174 Å². The zero-order valence-corrected chi connectivity index (χ0v) is 25.8. The number of nitrogens with zero attached hydrogens (tertiary/aromatic N) is 4. The maximum absolute atomic E-state index is 10.2. The summed E-state index contributed by atoms with van der Waals surface area (Å²) in [5.74, 6) is 0.0974. The van der Waals surface area contributed by atoms with E-state index >= 15 is 0 Å². The second kappa shape index (κ2) is 11.4. The molecule has 0 N–H and O–H groups in total. The highest BCUT2D eigenvalue weighted by Crippen LogP contribution is 2.41. The predicted molar refractivity (Wildman–Crippen MR) is 203 cm³/mol. The van der Waals surface area contributed by atoms with Crippen LogP contribution in [-0.2, 0) is 0 Å². The molecule has 0 spiro atoms. The lowest BCUT2D eigenvalue weighted by Gasteiger charge is -2.16. The molecule has 0 aliphatic carbocycles. The first-order chi connectivity index (χ1) is 30.6. The van der Waals surface area contributed by atoms with Gasteiger partial charge >= 0.3 is 0 Å². The summed E-state index contributed by atoms with van der Waals surface area (Å²) in [5, 5.41) is -0.490. The highest BCUT2D eigenvalue weighted by atomic mass is 16.3. The maximum atomic E-state index is 10.2. The Morgan fingerprint density at radius 3 is 1.70 bits per heavy atom. The van der Waals surface area contributed by atoms with Gasteiger partial charge in [0.1, 0.15) is 11.2 Å². The standard InChI is InChI=1S/C45H28N4O/c1-3-14-29(15-4-1)43-46-44(30-16-5-2-6-17-30)48-45(47-43)37-27-26-31(32-21-13-22-36-35-20-9-12-25-41(35)50-42(32)36)28-40(37)49-38-23-10-7-18-33(38)34-19-8-11-24-39(34)49/h1-28H/i7D,8D,9D,13D,18D,19D,20D,22D,23D,24D,25D,26D,27D,28D. The molecule has 0 amide bonds. The van der Waals surface area contributed by atoms with Crippen LogP contribution in [0.5, 0.6) is 0 Å². The fourth-order valence-electron chi connectivity index (χ4n) is 6.12. The number of hydrogen-bond donors (Lipinski definition) is 0. The van der Waals surface area contributed by atoms with Gasteiger partial charge in [-0.25, -0.2) is 15.0 Å². The van der Waals surface area contributed by atoms with Crippen LogP contribution in [0, 0.1) is 0 Å². The minimum absolute atomic E-state index is 0.0932. The molecule has 0 saturated heterocycles. The molecule has 0 saturated carbocycles. The fourth-order valence-corrected chi connectivity index (χ4v) is 6.12. The normalized spacial score (nSPS) is 15.5. The summed E-state index contributed by atoms with van der Waals surface area (Å²) in [5.41, 5.74) is -0.642. The Morgan fingerprint density at radius 2 is 1.04 bits per heavy atom. The molecular formula is C45H28N4O. The lowest BCUT2D eigenvalue weighted by Crippen LogP contribution is -2.04. The molecule has 0 aliphatic rings. The molecule has 0 bridgehead atoms. The molecule has 0 unspecified atom stereocenters. The lowest BCUT2D eigenvalue weighted by atomic mass is 9.99. The smallest absolute Gasteiger partial charge is 0.166 e. The average Bonchev–Trinajstić information content (AvgIpc) is 3.87. The number of para-hydroxylation sites is 4. The zero-order chi connectivity index (χ0) is 45.2. The molecule has 0 radical (unpaired) electrons. The third kappa shape index (κ3) is 4.52. The Balaban J connectivity index is 1.45. The fraction of sp³-hybridized carbons (Fsp3) is 0. The van der Waals surface area contributed by atoms with Crippen molar-refractivity contribution in [2.24, 2.45) is 0 Å². The van der Waals surface area contributed by atoms with Crippen molar-refractivity contribution in [1.82, 2.24) is 19.5 Å². The summed E-state index contributed by atoms with van der Waals surface area (Å²) >= 11 is 0. The molecule has 3 aromatic heterocycles. The zero-order valence-electron chi connectivity index (χ0n) is 39.8. The van der Waals surface area contributed by atoms with Gasteiger partial charge in [-0.3, -0.25) is 0 Å². The molecule has 5 nitrogen and oxygen atoms in total. The Kier molecular flexibility index (Phi) is 3.99. The van der Waals surface area contributed by atoms with Gasteiger partial charge in [0.15, 0.2) is 17.5 Å². The summed E-state index contributed by atoms with van der Waals surface area (Å²) in [4.78, 5) is 14.4. The largest absolute Gasteiger partial charge is 0.455 e. The summed E-state index contributed by atoms with van der Waals surface area (Å²) in [6, 6.07) is 16.3. The van der Waals surface area contributed by atoms with Crippen LogP contribution in [0.4, 0.5) is 0 Å². The maximum Gasteiger partial charge on any atom is 0.166 e. The molecule has 10 rings (SSSR count). The van der Waals surface area contributed by atoms with E-state index in [1.807, 2.05) is 12.1 Å². The van der Waals surface area contributed by atoms with Gasteiger partial charge in [0.2, 0.25) is 0 Å². The molecule has 234 valence electrons. The van der Waals surface area contributed by atoms with Crippen LogP contribution in [0.2, 0.25) is 0 Å². The minimum Gasteiger partial charge on any atom is -0.455 e. The van der Waals surface area contributed by atoms with Crippen LogP contribution >= 0.6 is 0 Å². The van der Waals surface area contributed by atoms with E-state index < -0.39 is 42.3 Å². The van der Waals surface area contributed by atoms with Crippen LogP contribution in [0.25, 0.3) is 94.7 Å². The van der Waals surface area contributed by atoms with Crippen molar-refractivity contribution in [2.75, 3.05) is 0 Å². The summed E-state index contributed by atoms with van der Waals surface area (Å²) < 4.78 is 134. The number of benzene rings is 7. The molecular weight excluding hydrogens is 613 g/mol. The quantitative estimate of drug-likeness (QED) is 0.185. The van der Waals surface area contributed by atoms with E-state index in [1.165, 1.54) is 10.6 Å². The number of furan rings is 1. The van der Waals surface area contributed by atoms with Gasteiger partial charge in [-0.05, 0) is 35.8 Å². The number of fused-ring (bicyclic) bond motifs is 6. The topological polar surface area (TPSA) is 56.7 Å². The number of aromatic nitrogens is 4. The van der Waals surface area contributed by atoms with E-state index in [1.54, 1.807) is 48.5 Å². The molecule has 50 heavy (non-hydrogen) atoms. The van der Waals surface area contributed by atoms with Crippen LogP contribution in [0.1, 0.15) is 19.2 Å². The third-order valence-electron chi connectivity index (χ3n) is 8.38. The van der Waals surface area contributed by atoms with Gasteiger partial charge in [0, 0.05) is 43.8 Å². The second-order valence-electron chi connectivity index (χ2n) is 11.3. The first kappa shape index (κ1) is 17.5. The lowest BCUT2D eigenvalue weighted by molar-refractivity contribution is 0.670. The molecule has 5 heteroatoms. The van der Waals surface area contributed by atoms with Crippen LogP contribution in [-0.4, -0.2) is 19.5 Å². The van der Waals surface area contributed by atoms with E-state index in [4.69, 9.17) is 31.7 Å². The Morgan fingerprint density at radius 1 is 0.460 bits per heavy atom. The van der Waals surface area contributed by atoms with Gasteiger partial charge in [-0.2, -0.15) is 0 Å². The predicted octanol–water partition coefficient (Wildman–Crippen LogP) is 11.5. The molecule has 0 atom stereocenters. The molecule has 7 aromatic carbocycles. The van der Waals surface area contributed by atoms with Crippen molar-refractivity contribution in [1.29, 1.82) is 0 Å². The van der Waals surface area contributed by atoms with Crippen molar-refractivity contribution in [3.05, 3.63) is 170 Å². The van der Waals surface area contributed by atoms with Crippen LogP contribution < -0.4 is 0 Å². The van der Waals surface area contributed by atoms with Gasteiger partial charge in [0.05, 0.1) is 35.9 Å². The van der Waals surface area contributed by atoms with Crippen molar-refractivity contribution < 1.29 is 23.6 Å². The monoisotopic (exact) mass is 654 g/mol. The molecule has 0 aliphatic heterocycles. The first-order valence-corrected chi connectivity index (χ1v) is 15.6. The first-order valence-electron chi connectivity index (χ1n) is 22.6. The van der Waals surface area contributed by atoms with Crippen molar-refractivity contribution in [3.63, 3.8) is 0 Å². The van der Waals surface area contributed by atoms with Gasteiger partial charge < -0.3 is 8.98 Å². The molecule has 3 heterocycles. The molecule has 0 fully saturated rings. The van der Waals surface area contributed by atoms with Gasteiger partial charge in [-0.1, -0.05) is 139 Å². The second-order valence-corrected chi connectivity index (χ2v) is 11.3. The Bertz CT molecular complexity index is 3540. The van der Waals surface area contributed by atoms with Gasteiger partial charge in [-0.15, -0.1) is 0 Å². The average molecular weight is 655 g/mol. The highest BCUT2D eigenvalue weighted by Gasteiger charge is 2.21. The summed E-state index contributed by atoms with van der Waals surface area (Å²) in [6.07, 6.45) is 0. The van der Waals surface area contributed by atoms with E-state index in [0.717, 1.165) is 18.2 Å². The van der Waals surface area contributed by atoms with Crippen molar-refractivity contribution in [3.8, 4) is 51.0 Å². The summed E-state index contributed by atoms with van der Waals surface area (Å²) in [7, 11) is 0. The van der Waals surface area contributed by atoms with E-state index in [-0.39, 0.29) is 126 Å². The highest BCUT2D eigenvalue weighted by molar-refractivity contribution is 6.11. The Hall–Kier alpha value is -6.85. The van der Waals surface area contributed by atoms with Crippen LogP contribution in [0.3, 0.4) is 0 Å². The van der Waals surface area contributed by atoms with Crippen molar-refractivity contribution >= 4 is 43.7 Å². The van der Waals surface area contributed by atoms with E-state index in [0.29, 0.717) is 11.1 Å². The van der Waals surface area contributed by atoms with Gasteiger partial charge in [0.25, 0.3) is 0 Å². The van der Waals surface area contributed by atoms with E-state index in [9.17, 15) is 6.85 Å². The molecule has 10 aromatic rings. The van der Waals surface area contributed by atoms with E-state index in [2.05, 4.69) is 0 Å². The number of hydrogen-bond acceptors (Lipinski definition) is 4. The number of rotatable bonds is 5. The minimum atomic E-state index is -0.605.